The largest absolute Gasteiger partial charge is 0.381 e. The van der Waals surface area contributed by atoms with Crippen LogP contribution in [0.25, 0.3) is 0 Å². The van der Waals surface area contributed by atoms with E-state index in [4.69, 9.17) is 9.47 Å². The van der Waals surface area contributed by atoms with Crippen LogP contribution in [-0.4, -0.2) is 95.0 Å². The van der Waals surface area contributed by atoms with Crippen LogP contribution in [0.2, 0.25) is 0 Å². The predicted molar refractivity (Wildman–Crippen MR) is 94.9 cm³/mol. The monoisotopic (exact) mass is 377 g/mol. The van der Waals surface area contributed by atoms with Gasteiger partial charge in [0, 0.05) is 58.6 Å². The van der Waals surface area contributed by atoms with Crippen LogP contribution in [0.4, 0.5) is 0 Å². The van der Waals surface area contributed by atoms with Gasteiger partial charge in [0.05, 0.1) is 6.26 Å². The lowest BCUT2D eigenvalue weighted by Crippen LogP contribution is -2.53. The summed E-state index contributed by atoms with van der Waals surface area (Å²) in [4.78, 5) is 14.0. The van der Waals surface area contributed by atoms with E-state index in [9.17, 15) is 13.2 Å². The summed E-state index contributed by atoms with van der Waals surface area (Å²) in [6.45, 7) is 4.08. The fraction of sp³-hybridized carbons (Fsp3) is 0.938. The molecule has 0 saturated carbocycles. The zero-order valence-electron chi connectivity index (χ0n) is 15.3. The third-order valence-electron chi connectivity index (χ3n) is 4.99. The quantitative estimate of drug-likeness (QED) is 0.622. The average molecular weight is 378 g/mol. The molecule has 8 nitrogen and oxygen atoms in total. The highest BCUT2D eigenvalue weighted by Gasteiger charge is 2.32. The molecule has 25 heavy (non-hydrogen) atoms. The summed E-state index contributed by atoms with van der Waals surface area (Å²) in [5, 5.41) is 2.88. The van der Waals surface area contributed by atoms with E-state index >= 15 is 0 Å². The molecule has 2 fully saturated rings. The van der Waals surface area contributed by atoms with Gasteiger partial charge in [0.15, 0.2) is 0 Å². The molecule has 1 N–H and O–H groups in total. The molecule has 0 atom stereocenters. The topological polar surface area (TPSA) is 88.2 Å². The Morgan fingerprint density at radius 2 is 1.80 bits per heavy atom. The van der Waals surface area contributed by atoms with E-state index in [0.29, 0.717) is 31.7 Å². The predicted octanol–water partition coefficient (Wildman–Crippen LogP) is -0.346. The number of piperidine rings is 1. The second-order valence-corrected chi connectivity index (χ2v) is 8.74. The summed E-state index contributed by atoms with van der Waals surface area (Å²) in [6.07, 6.45) is 4.90. The minimum atomic E-state index is -3.11. The molecular weight excluding hydrogens is 346 g/mol. The van der Waals surface area contributed by atoms with Crippen LogP contribution in [0.3, 0.4) is 0 Å². The van der Waals surface area contributed by atoms with Gasteiger partial charge in [0.1, 0.15) is 6.61 Å². The van der Waals surface area contributed by atoms with Crippen LogP contribution in [-0.2, 0) is 24.3 Å². The molecule has 2 saturated heterocycles. The first kappa shape index (κ1) is 20.6. The average Bonchev–Trinajstić information content (AvgIpc) is 2.59. The molecule has 2 aliphatic heterocycles. The molecule has 146 valence electrons. The third-order valence-corrected chi connectivity index (χ3v) is 6.29. The lowest BCUT2D eigenvalue weighted by Gasteiger charge is -2.43. The van der Waals surface area contributed by atoms with E-state index < -0.39 is 10.0 Å². The number of carbonyl (C=O) groups is 1. The second kappa shape index (κ2) is 9.82. The molecule has 0 spiro atoms. The van der Waals surface area contributed by atoms with E-state index in [1.807, 2.05) is 0 Å². The molecule has 2 heterocycles. The van der Waals surface area contributed by atoms with Gasteiger partial charge in [-0.3, -0.25) is 9.69 Å². The summed E-state index contributed by atoms with van der Waals surface area (Å²) in [6, 6.07) is 0.781. The SMILES string of the molecule is COCC(=O)NCCN(C1CCOCC1)C1CCN(S(C)(=O)=O)CC1. The lowest BCUT2D eigenvalue weighted by molar-refractivity contribution is -0.124. The van der Waals surface area contributed by atoms with Crippen molar-refractivity contribution in [3.8, 4) is 0 Å². The number of sulfonamides is 1. The summed E-state index contributed by atoms with van der Waals surface area (Å²) in [7, 11) is -1.61. The van der Waals surface area contributed by atoms with E-state index in [0.717, 1.165) is 45.4 Å². The normalized spacial score (nSPS) is 21.6. The van der Waals surface area contributed by atoms with Gasteiger partial charge in [0.25, 0.3) is 0 Å². The Morgan fingerprint density at radius 3 is 2.36 bits per heavy atom. The number of nitrogens with zero attached hydrogens (tertiary/aromatic N) is 2. The molecule has 0 bridgehead atoms. The van der Waals surface area contributed by atoms with Crippen molar-refractivity contribution in [2.45, 2.75) is 37.8 Å². The molecule has 2 rings (SSSR count). The Labute approximate surface area is 150 Å². The van der Waals surface area contributed by atoms with E-state index in [-0.39, 0.29) is 12.5 Å². The van der Waals surface area contributed by atoms with Crippen molar-refractivity contribution in [3.05, 3.63) is 0 Å². The van der Waals surface area contributed by atoms with Gasteiger partial charge in [-0.05, 0) is 25.7 Å². The van der Waals surface area contributed by atoms with Crippen molar-refractivity contribution in [1.29, 1.82) is 0 Å². The van der Waals surface area contributed by atoms with Crippen molar-refractivity contribution in [1.82, 2.24) is 14.5 Å². The van der Waals surface area contributed by atoms with Crippen LogP contribution in [0.1, 0.15) is 25.7 Å². The lowest BCUT2D eigenvalue weighted by atomic mass is 9.99. The molecule has 1 amide bonds. The molecule has 0 aromatic carbocycles. The second-order valence-electron chi connectivity index (χ2n) is 6.76. The van der Waals surface area contributed by atoms with Crippen LogP contribution in [0, 0.1) is 0 Å². The number of carbonyl (C=O) groups excluding carboxylic acids is 1. The number of rotatable bonds is 8. The first-order chi connectivity index (χ1) is 11.9. The van der Waals surface area contributed by atoms with Gasteiger partial charge in [-0.1, -0.05) is 0 Å². The zero-order chi connectivity index (χ0) is 18.3. The minimum absolute atomic E-state index is 0.0734. The third kappa shape index (κ3) is 6.49. The van der Waals surface area contributed by atoms with Crippen LogP contribution >= 0.6 is 0 Å². The van der Waals surface area contributed by atoms with Crippen molar-refractivity contribution in [2.24, 2.45) is 0 Å². The molecule has 2 aliphatic rings. The highest BCUT2D eigenvalue weighted by atomic mass is 32.2. The fourth-order valence-electron chi connectivity index (χ4n) is 3.69. The Kier molecular flexibility index (Phi) is 8.08. The van der Waals surface area contributed by atoms with Gasteiger partial charge in [-0.25, -0.2) is 12.7 Å². The highest BCUT2D eigenvalue weighted by molar-refractivity contribution is 7.88. The molecule has 0 aliphatic carbocycles. The Bertz CT molecular complexity index is 514. The van der Waals surface area contributed by atoms with Crippen molar-refractivity contribution < 1.29 is 22.7 Å². The van der Waals surface area contributed by atoms with Gasteiger partial charge >= 0.3 is 0 Å². The van der Waals surface area contributed by atoms with E-state index in [1.54, 1.807) is 4.31 Å². The van der Waals surface area contributed by atoms with E-state index in [1.165, 1.54) is 13.4 Å². The highest BCUT2D eigenvalue weighted by Crippen LogP contribution is 2.24. The molecule has 0 unspecified atom stereocenters. The molecule has 0 aromatic rings. The minimum Gasteiger partial charge on any atom is -0.381 e. The fourth-order valence-corrected chi connectivity index (χ4v) is 4.57. The molecular formula is C16H31N3O5S. The standard InChI is InChI=1S/C16H31N3O5S/c1-23-13-16(20)17-7-10-19(15-5-11-24-12-6-15)14-3-8-18(9-4-14)25(2,21)22/h14-15H,3-13H2,1-2H3,(H,17,20). The first-order valence-corrected chi connectivity index (χ1v) is 10.8. The summed E-state index contributed by atoms with van der Waals surface area (Å²) < 4.78 is 35.3. The summed E-state index contributed by atoms with van der Waals surface area (Å²) in [5.74, 6) is -0.110. The van der Waals surface area contributed by atoms with E-state index in [2.05, 4.69) is 10.2 Å². The smallest absolute Gasteiger partial charge is 0.246 e. The van der Waals surface area contributed by atoms with Crippen molar-refractivity contribution in [3.63, 3.8) is 0 Å². The summed E-state index contributed by atoms with van der Waals surface area (Å²) >= 11 is 0. The Balaban J connectivity index is 1.91. The summed E-state index contributed by atoms with van der Waals surface area (Å²) in [5.41, 5.74) is 0. The van der Waals surface area contributed by atoms with Gasteiger partial charge in [-0.15, -0.1) is 0 Å². The first-order valence-electron chi connectivity index (χ1n) is 8.96. The number of methoxy groups -OCH3 is 1. The van der Waals surface area contributed by atoms with Crippen molar-refractivity contribution in [2.75, 3.05) is 59.4 Å². The number of nitrogens with one attached hydrogen (secondary N) is 1. The Morgan fingerprint density at radius 1 is 1.20 bits per heavy atom. The van der Waals surface area contributed by atoms with Gasteiger partial charge < -0.3 is 14.8 Å². The zero-order valence-corrected chi connectivity index (χ0v) is 16.1. The van der Waals surface area contributed by atoms with Gasteiger partial charge in [-0.2, -0.15) is 0 Å². The number of ether oxygens (including phenoxy) is 2. The van der Waals surface area contributed by atoms with Crippen LogP contribution in [0.15, 0.2) is 0 Å². The molecule has 0 aromatic heterocycles. The maximum atomic E-state index is 11.7. The number of amides is 1. The van der Waals surface area contributed by atoms with Crippen molar-refractivity contribution >= 4 is 15.9 Å². The van der Waals surface area contributed by atoms with Gasteiger partial charge in [0.2, 0.25) is 15.9 Å². The Hall–Kier alpha value is -0.740. The maximum absolute atomic E-state index is 11.7. The number of hydrogen-bond acceptors (Lipinski definition) is 6. The maximum Gasteiger partial charge on any atom is 0.246 e. The van der Waals surface area contributed by atoms with Crippen LogP contribution < -0.4 is 5.32 Å². The molecule has 9 heteroatoms. The van der Waals surface area contributed by atoms with Crippen LogP contribution in [0.5, 0.6) is 0 Å². The number of hydrogen-bond donors (Lipinski definition) is 1. The molecule has 0 radical (unpaired) electrons.